The molecule has 1 saturated heterocycles. The highest BCUT2D eigenvalue weighted by atomic mass is 16.5. The Morgan fingerprint density at radius 2 is 2.20 bits per heavy atom. The van der Waals surface area contributed by atoms with Gasteiger partial charge in [0.15, 0.2) is 0 Å². The Labute approximate surface area is 93.4 Å². The van der Waals surface area contributed by atoms with Gasteiger partial charge in [0.25, 0.3) is 0 Å². The summed E-state index contributed by atoms with van der Waals surface area (Å²) >= 11 is 0. The third-order valence-corrected chi connectivity index (χ3v) is 3.26. The van der Waals surface area contributed by atoms with Crippen molar-refractivity contribution in [2.75, 3.05) is 33.4 Å². The predicted molar refractivity (Wildman–Crippen MR) is 62.0 cm³/mol. The molecule has 1 aliphatic heterocycles. The standard InChI is InChI=1S/C12H25NO2/c1-15-11-5-4-9-13-8-3-2-6-12(13)7-10-14/h12,14H,2-11H2,1H3. The van der Waals surface area contributed by atoms with Crippen molar-refractivity contribution in [1.29, 1.82) is 0 Å². The molecule has 1 atom stereocenters. The van der Waals surface area contributed by atoms with Gasteiger partial charge in [0.1, 0.15) is 0 Å². The molecule has 1 aliphatic rings. The quantitative estimate of drug-likeness (QED) is 0.655. The molecule has 0 spiro atoms. The Morgan fingerprint density at radius 1 is 1.33 bits per heavy atom. The third-order valence-electron chi connectivity index (χ3n) is 3.26. The maximum atomic E-state index is 9.00. The smallest absolute Gasteiger partial charge is 0.0462 e. The first-order chi connectivity index (χ1) is 7.38. The monoisotopic (exact) mass is 215 g/mol. The van der Waals surface area contributed by atoms with Crippen LogP contribution in [0, 0.1) is 0 Å². The van der Waals surface area contributed by atoms with Crippen LogP contribution in [0.15, 0.2) is 0 Å². The predicted octanol–water partition coefficient (Wildman–Crippen LogP) is 1.65. The minimum Gasteiger partial charge on any atom is -0.396 e. The number of aliphatic hydroxyl groups is 1. The van der Waals surface area contributed by atoms with Crippen molar-refractivity contribution in [3.63, 3.8) is 0 Å². The van der Waals surface area contributed by atoms with E-state index >= 15 is 0 Å². The van der Waals surface area contributed by atoms with E-state index in [1.807, 2.05) is 0 Å². The number of piperidine rings is 1. The fourth-order valence-corrected chi connectivity index (χ4v) is 2.39. The normalized spacial score (nSPS) is 23.2. The molecule has 15 heavy (non-hydrogen) atoms. The van der Waals surface area contributed by atoms with Crippen molar-refractivity contribution in [2.24, 2.45) is 0 Å². The Hall–Kier alpha value is -0.120. The highest BCUT2D eigenvalue weighted by Gasteiger charge is 2.20. The lowest BCUT2D eigenvalue weighted by molar-refractivity contribution is 0.112. The van der Waals surface area contributed by atoms with Crippen LogP contribution in [0.25, 0.3) is 0 Å². The van der Waals surface area contributed by atoms with Crippen molar-refractivity contribution in [1.82, 2.24) is 4.90 Å². The van der Waals surface area contributed by atoms with Crippen LogP contribution in [0.3, 0.4) is 0 Å². The number of nitrogens with zero attached hydrogens (tertiary/aromatic N) is 1. The van der Waals surface area contributed by atoms with E-state index < -0.39 is 0 Å². The van der Waals surface area contributed by atoms with E-state index in [0.717, 1.165) is 19.4 Å². The molecule has 1 N–H and O–H groups in total. The average Bonchev–Trinajstić information content (AvgIpc) is 2.27. The highest BCUT2D eigenvalue weighted by molar-refractivity contribution is 4.76. The van der Waals surface area contributed by atoms with Crippen LogP contribution in [0.1, 0.15) is 38.5 Å². The van der Waals surface area contributed by atoms with Gasteiger partial charge in [0.05, 0.1) is 0 Å². The van der Waals surface area contributed by atoms with Crippen LogP contribution in [0.5, 0.6) is 0 Å². The molecular weight excluding hydrogens is 190 g/mol. The second-order valence-corrected chi connectivity index (χ2v) is 4.40. The van der Waals surface area contributed by atoms with Crippen LogP contribution in [0.2, 0.25) is 0 Å². The Bertz CT molecular complexity index is 151. The van der Waals surface area contributed by atoms with E-state index in [4.69, 9.17) is 9.84 Å². The average molecular weight is 215 g/mol. The highest BCUT2D eigenvalue weighted by Crippen LogP contribution is 2.19. The van der Waals surface area contributed by atoms with E-state index in [1.165, 1.54) is 38.8 Å². The topological polar surface area (TPSA) is 32.7 Å². The summed E-state index contributed by atoms with van der Waals surface area (Å²) in [5, 5.41) is 9.00. The molecule has 0 aromatic heterocycles. The first-order valence-corrected chi connectivity index (χ1v) is 6.22. The molecule has 3 nitrogen and oxygen atoms in total. The molecular formula is C12H25NO2. The first-order valence-electron chi connectivity index (χ1n) is 6.22. The van der Waals surface area contributed by atoms with Gasteiger partial charge in [-0.15, -0.1) is 0 Å². The van der Waals surface area contributed by atoms with Crippen molar-refractivity contribution in [2.45, 2.75) is 44.6 Å². The van der Waals surface area contributed by atoms with Crippen molar-refractivity contribution in [3.8, 4) is 0 Å². The van der Waals surface area contributed by atoms with Crippen LogP contribution in [0.4, 0.5) is 0 Å². The number of hydrogen-bond donors (Lipinski definition) is 1. The second-order valence-electron chi connectivity index (χ2n) is 4.40. The zero-order valence-electron chi connectivity index (χ0n) is 9.95. The largest absolute Gasteiger partial charge is 0.396 e. The maximum absolute atomic E-state index is 9.00. The van der Waals surface area contributed by atoms with Crippen LogP contribution in [-0.2, 0) is 4.74 Å². The van der Waals surface area contributed by atoms with E-state index in [-0.39, 0.29) is 0 Å². The molecule has 1 rings (SSSR count). The molecule has 0 aliphatic carbocycles. The van der Waals surface area contributed by atoms with Crippen LogP contribution >= 0.6 is 0 Å². The molecule has 1 unspecified atom stereocenters. The van der Waals surface area contributed by atoms with Gasteiger partial charge < -0.3 is 14.7 Å². The summed E-state index contributed by atoms with van der Waals surface area (Å²) in [6.45, 7) is 3.60. The minimum atomic E-state index is 0.333. The van der Waals surface area contributed by atoms with Crippen molar-refractivity contribution < 1.29 is 9.84 Å². The third kappa shape index (κ3) is 4.96. The summed E-state index contributed by atoms with van der Waals surface area (Å²) < 4.78 is 5.05. The molecule has 0 aromatic carbocycles. The molecule has 3 heteroatoms. The van der Waals surface area contributed by atoms with E-state index in [0.29, 0.717) is 12.6 Å². The Morgan fingerprint density at radius 3 is 2.93 bits per heavy atom. The molecule has 0 aromatic rings. The van der Waals surface area contributed by atoms with E-state index in [2.05, 4.69) is 4.90 Å². The second kappa shape index (κ2) is 8.08. The molecule has 0 bridgehead atoms. The first kappa shape index (κ1) is 12.9. The van der Waals surface area contributed by atoms with Crippen molar-refractivity contribution in [3.05, 3.63) is 0 Å². The number of ether oxygens (including phenoxy) is 1. The summed E-state index contributed by atoms with van der Waals surface area (Å²) in [4.78, 5) is 2.55. The van der Waals surface area contributed by atoms with E-state index in [9.17, 15) is 0 Å². The zero-order valence-corrected chi connectivity index (χ0v) is 9.95. The SMILES string of the molecule is COCCCCN1CCCCC1CCO. The maximum Gasteiger partial charge on any atom is 0.0462 e. The van der Waals surface area contributed by atoms with E-state index in [1.54, 1.807) is 7.11 Å². The molecule has 1 heterocycles. The molecule has 0 amide bonds. The lowest BCUT2D eigenvalue weighted by Crippen LogP contribution is -2.40. The number of rotatable bonds is 7. The summed E-state index contributed by atoms with van der Waals surface area (Å²) in [5.74, 6) is 0. The van der Waals surface area contributed by atoms with Gasteiger partial charge in [0, 0.05) is 26.4 Å². The number of unbranched alkanes of at least 4 members (excludes halogenated alkanes) is 1. The molecule has 1 fully saturated rings. The summed E-state index contributed by atoms with van der Waals surface area (Å²) in [7, 11) is 1.76. The van der Waals surface area contributed by atoms with Gasteiger partial charge in [-0.3, -0.25) is 0 Å². The molecule has 0 radical (unpaired) electrons. The van der Waals surface area contributed by atoms with Gasteiger partial charge >= 0.3 is 0 Å². The van der Waals surface area contributed by atoms with Crippen LogP contribution in [-0.4, -0.2) is 49.5 Å². The fraction of sp³-hybridized carbons (Fsp3) is 1.00. The Balaban J connectivity index is 2.17. The molecule has 90 valence electrons. The Kier molecular flexibility index (Phi) is 6.98. The van der Waals surface area contributed by atoms with Crippen LogP contribution < -0.4 is 0 Å². The fourth-order valence-electron chi connectivity index (χ4n) is 2.39. The summed E-state index contributed by atoms with van der Waals surface area (Å²) in [6.07, 6.45) is 7.25. The summed E-state index contributed by atoms with van der Waals surface area (Å²) in [5.41, 5.74) is 0. The molecule has 0 saturated carbocycles. The number of likely N-dealkylation sites (tertiary alicyclic amines) is 1. The van der Waals surface area contributed by atoms with Gasteiger partial charge in [-0.2, -0.15) is 0 Å². The minimum absolute atomic E-state index is 0.333. The van der Waals surface area contributed by atoms with Gasteiger partial charge in [0.2, 0.25) is 0 Å². The van der Waals surface area contributed by atoms with Gasteiger partial charge in [-0.25, -0.2) is 0 Å². The van der Waals surface area contributed by atoms with Gasteiger partial charge in [-0.05, 0) is 45.2 Å². The lowest BCUT2D eigenvalue weighted by Gasteiger charge is -2.35. The number of methoxy groups -OCH3 is 1. The summed E-state index contributed by atoms with van der Waals surface area (Å²) in [6, 6.07) is 0.631. The van der Waals surface area contributed by atoms with Gasteiger partial charge in [-0.1, -0.05) is 6.42 Å². The number of hydrogen-bond acceptors (Lipinski definition) is 3. The lowest BCUT2D eigenvalue weighted by atomic mass is 9.99. The zero-order chi connectivity index (χ0) is 10.9. The number of aliphatic hydroxyl groups excluding tert-OH is 1. The van der Waals surface area contributed by atoms with Crippen molar-refractivity contribution >= 4 is 0 Å².